The van der Waals surface area contributed by atoms with E-state index in [0.29, 0.717) is 6.04 Å². The SMILES string of the molecule is CNC(C)c1ccc(N(CC#N)CC#N)cc1. The van der Waals surface area contributed by atoms with Crippen molar-refractivity contribution < 1.29 is 0 Å². The molecule has 0 fully saturated rings. The van der Waals surface area contributed by atoms with Gasteiger partial charge in [-0.1, -0.05) is 12.1 Å². The minimum Gasteiger partial charge on any atom is -0.345 e. The van der Waals surface area contributed by atoms with Crippen LogP contribution in [0.1, 0.15) is 18.5 Å². The summed E-state index contributed by atoms with van der Waals surface area (Å²) in [6.45, 7) is 2.54. The summed E-state index contributed by atoms with van der Waals surface area (Å²) in [7, 11) is 1.91. The molecule has 0 radical (unpaired) electrons. The van der Waals surface area contributed by atoms with Crippen LogP contribution in [0.4, 0.5) is 5.69 Å². The lowest BCUT2D eigenvalue weighted by molar-refractivity contribution is 0.652. The predicted octanol–water partition coefficient (Wildman–Crippen LogP) is 1.82. The Balaban J connectivity index is 2.85. The molecule has 4 nitrogen and oxygen atoms in total. The van der Waals surface area contributed by atoms with Gasteiger partial charge in [0.05, 0.1) is 12.1 Å². The number of anilines is 1. The van der Waals surface area contributed by atoms with Gasteiger partial charge in [-0.2, -0.15) is 10.5 Å². The molecule has 0 saturated carbocycles. The number of nitrogens with zero attached hydrogens (tertiary/aromatic N) is 3. The summed E-state index contributed by atoms with van der Waals surface area (Å²) in [4.78, 5) is 1.74. The maximum atomic E-state index is 8.69. The minimum absolute atomic E-state index is 0.231. The van der Waals surface area contributed by atoms with Gasteiger partial charge in [-0.3, -0.25) is 0 Å². The van der Waals surface area contributed by atoms with Crippen LogP contribution in [0.25, 0.3) is 0 Å². The summed E-state index contributed by atoms with van der Waals surface area (Å²) in [5.41, 5.74) is 2.09. The van der Waals surface area contributed by atoms with Crippen LogP contribution in [0.5, 0.6) is 0 Å². The number of hydrogen-bond acceptors (Lipinski definition) is 4. The topological polar surface area (TPSA) is 62.9 Å². The Morgan fingerprint density at radius 2 is 1.71 bits per heavy atom. The Labute approximate surface area is 102 Å². The van der Waals surface area contributed by atoms with Gasteiger partial charge in [-0.05, 0) is 31.7 Å². The zero-order valence-electron chi connectivity index (χ0n) is 10.1. The van der Waals surface area contributed by atoms with Crippen molar-refractivity contribution in [3.8, 4) is 12.1 Å². The number of benzene rings is 1. The van der Waals surface area contributed by atoms with Gasteiger partial charge in [0.15, 0.2) is 0 Å². The Morgan fingerprint density at radius 1 is 1.18 bits per heavy atom. The molecule has 17 heavy (non-hydrogen) atoms. The van der Waals surface area contributed by atoms with Gasteiger partial charge in [0.1, 0.15) is 13.1 Å². The second-order valence-electron chi connectivity index (χ2n) is 3.77. The van der Waals surface area contributed by atoms with E-state index in [1.165, 1.54) is 5.56 Å². The minimum atomic E-state index is 0.231. The van der Waals surface area contributed by atoms with Gasteiger partial charge in [-0.25, -0.2) is 0 Å². The highest BCUT2D eigenvalue weighted by atomic mass is 15.1. The molecule has 4 heteroatoms. The largest absolute Gasteiger partial charge is 0.345 e. The average Bonchev–Trinajstić information content (AvgIpc) is 2.38. The summed E-state index contributed by atoms with van der Waals surface area (Å²) in [6.07, 6.45) is 0. The van der Waals surface area contributed by atoms with E-state index in [1.54, 1.807) is 4.90 Å². The molecule has 1 rings (SSSR count). The first-order chi connectivity index (χ1) is 8.22. The van der Waals surface area contributed by atoms with Crippen molar-refractivity contribution in [3.63, 3.8) is 0 Å². The Kier molecular flexibility index (Phi) is 5.00. The van der Waals surface area contributed by atoms with E-state index in [0.717, 1.165) is 5.69 Å². The van der Waals surface area contributed by atoms with E-state index in [1.807, 2.05) is 31.3 Å². The average molecular weight is 228 g/mol. The first kappa shape index (κ1) is 13.0. The lowest BCUT2D eigenvalue weighted by atomic mass is 10.1. The van der Waals surface area contributed by atoms with Gasteiger partial charge < -0.3 is 10.2 Å². The summed E-state index contributed by atoms with van der Waals surface area (Å²) >= 11 is 0. The molecule has 0 bridgehead atoms. The fraction of sp³-hybridized carbons (Fsp3) is 0.385. The smallest absolute Gasteiger partial charge is 0.106 e. The highest BCUT2D eigenvalue weighted by Crippen LogP contribution is 2.18. The fourth-order valence-electron chi connectivity index (χ4n) is 1.55. The Hall–Kier alpha value is -2.04. The van der Waals surface area contributed by atoms with Crippen LogP contribution in [0.3, 0.4) is 0 Å². The maximum absolute atomic E-state index is 8.69. The molecule has 1 aromatic carbocycles. The predicted molar refractivity (Wildman–Crippen MR) is 67.4 cm³/mol. The molecule has 1 unspecified atom stereocenters. The van der Waals surface area contributed by atoms with Gasteiger partial charge >= 0.3 is 0 Å². The monoisotopic (exact) mass is 228 g/mol. The quantitative estimate of drug-likeness (QED) is 0.781. The standard InChI is InChI=1S/C13H16N4/c1-11(16-2)12-3-5-13(6-4-12)17(9-7-14)10-8-15/h3-6,11,16H,9-10H2,1-2H3. The molecule has 0 heterocycles. The van der Waals surface area contributed by atoms with Crippen LogP contribution in [-0.4, -0.2) is 20.1 Å². The van der Waals surface area contributed by atoms with Crippen molar-refractivity contribution in [1.29, 1.82) is 10.5 Å². The van der Waals surface area contributed by atoms with Crippen LogP contribution in [0.15, 0.2) is 24.3 Å². The molecule has 0 spiro atoms. The van der Waals surface area contributed by atoms with Gasteiger partial charge in [0.2, 0.25) is 0 Å². The highest BCUT2D eigenvalue weighted by molar-refractivity contribution is 5.49. The Morgan fingerprint density at radius 3 is 2.12 bits per heavy atom. The Bertz CT molecular complexity index is 408. The second-order valence-corrected chi connectivity index (χ2v) is 3.77. The highest BCUT2D eigenvalue weighted by Gasteiger charge is 2.06. The zero-order valence-corrected chi connectivity index (χ0v) is 10.1. The van der Waals surface area contributed by atoms with E-state index in [-0.39, 0.29) is 13.1 Å². The van der Waals surface area contributed by atoms with Crippen molar-refractivity contribution in [2.45, 2.75) is 13.0 Å². The summed E-state index contributed by atoms with van der Waals surface area (Å²) in [5, 5.41) is 20.6. The van der Waals surface area contributed by atoms with Crippen molar-refractivity contribution >= 4 is 5.69 Å². The number of nitriles is 2. The van der Waals surface area contributed by atoms with Crippen molar-refractivity contribution in [1.82, 2.24) is 5.32 Å². The van der Waals surface area contributed by atoms with Crippen LogP contribution in [0.2, 0.25) is 0 Å². The third kappa shape index (κ3) is 3.48. The molecule has 0 aromatic heterocycles. The summed E-state index contributed by atoms with van der Waals surface area (Å²) in [5.74, 6) is 0. The van der Waals surface area contributed by atoms with E-state index in [4.69, 9.17) is 10.5 Å². The van der Waals surface area contributed by atoms with Crippen molar-refractivity contribution in [3.05, 3.63) is 29.8 Å². The number of rotatable bonds is 5. The van der Waals surface area contributed by atoms with Gasteiger partial charge in [-0.15, -0.1) is 0 Å². The third-order valence-electron chi connectivity index (χ3n) is 2.71. The van der Waals surface area contributed by atoms with E-state index in [9.17, 15) is 0 Å². The van der Waals surface area contributed by atoms with E-state index >= 15 is 0 Å². The zero-order chi connectivity index (χ0) is 12.7. The molecule has 1 aromatic rings. The first-order valence-electron chi connectivity index (χ1n) is 5.49. The number of nitrogens with one attached hydrogen (secondary N) is 1. The van der Waals surface area contributed by atoms with Gasteiger partial charge in [0, 0.05) is 11.7 Å². The first-order valence-corrected chi connectivity index (χ1v) is 5.49. The molecule has 0 aliphatic heterocycles. The molecular weight excluding hydrogens is 212 g/mol. The van der Waals surface area contributed by atoms with Crippen LogP contribution in [-0.2, 0) is 0 Å². The molecule has 0 saturated heterocycles. The maximum Gasteiger partial charge on any atom is 0.106 e. The second kappa shape index (κ2) is 6.52. The summed E-state index contributed by atoms with van der Waals surface area (Å²) < 4.78 is 0. The van der Waals surface area contributed by atoms with Crippen LogP contribution >= 0.6 is 0 Å². The normalized spacial score (nSPS) is 11.3. The third-order valence-corrected chi connectivity index (χ3v) is 2.71. The lowest BCUT2D eigenvalue weighted by Gasteiger charge is -2.19. The molecule has 0 aliphatic carbocycles. The molecule has 1 atom stereocenters. The van der Waals surface area contributed by atoms with Crippen molar-refractivity contribution in [2.24, 2.45) is 0 Å². The molecule has 1 N–H and O–H groups in total. The van der Waals surface area contributed by atoms with E-state index < -0.39 is 0 Å². The molecule has 88 valence electrons. The molecular formula is C13H16N4. The van der Waals surface area contributed by atoms with Crippen LogP contribution < -0.4 is 10.2 Å². The fourth-order valence-corrected chi connectivity index (χ4v) is 1.55. The summed E-state index contributed by atoms with van der Waals surface area (Å²) in [6, 6.07) is 12.3. The van der Waals surface area contributed by atoms with E-state index in [2.05, 4.69) is 24.4 Å². The molecule has 0 amide bonds. The molecule has 0 aliphatic rings. The lowest BCUT2D eigenvalue weighted by Crippen LogP contribution is -2.23. The van der Waals surface area contributed by atoms with Crippen molar-refractivity contribution in [2.75, 3.05) is 25.0 Å². The number of hydrogen-bond donors (Lipinski definition) is 1. The van der Waals surface area contributed by atoms with Crippen LogP contribution in [0, 0.1) is 22.7 Å². The van der Waals surface area contributed by atoms with Gasteiger partial charge in [0.25, 0.3) is 0 Å².